The van der Waals surface area contributed by atoms with Crippen LogP contribution in [0.1, 0.15) is 145 Å². The van der Waals surface area contributed by atoms with Crippen molar-refractivity contribution in [2.75, 3.05) is 0 Å². The number of carbonyl (C=O) groups is 3. The third-order valence-electron chi connectivity index (χ3n) is 15.1. The highest BCUT2D eigenvalue weighted by atomic mass is 16.5. The van der Waals surface area contributed by atoms with Crippen LogP contribution in [-0.2, 0) is 19.1 Å². The van der Waals surface area contributed by atoms with Crippen LogP contribution in [0.25, 0.3) is 0 Å². The van der Waals surface area contributed by atoms with E-state index in [0.29, 0.717) is 41.9 Å². The number of ether oxygens (including phenoxy) is 1. The molecule has 0 amide bonds. The van der Waals surface area contributed by atoms with E-state index in [1.165, 1.54) is 25.7 Å². The van der Waals surface area contributed by atoms with Gasteiger partial charge in [0.05, 0.1) is 6.42 Å². The van der Waals surface area contributed by atoms with Gasteiger partial charge in [-0.05, 0) is 122 Å². The van der Waals surface area contributed by atoms with Crippen molar-refractivity contribution < 1.29 is 24.2 Å². The van der Waals surface area contributed by atoms with E-state index in [4.69, 9.17) is 4.74 Å². The van der Waals surface area contributed by atoms with Gasteiger partial charge in [-0.1, -0.05) is 55.4 Å². The summed E-state index contributed by atoms with van der Waals surface area (Å²) < 4.78 is 6.15. The molecule has 5 fully saturated rings. The Morgan fingerprint density at radius 3 is 2.14 bits per heavy atom. The Morgan fingerprint density at radius 2 is 1.50 bits per heavy atom. The first-order chi connectivity index (χ1) is 19.6. The molecule has 10 atom stereocenters. The van der Waals surface area contributed by atoms with Gasteiger partial charge in [-0.15, -0.1) is 0 Å². The average Bonchev–Trinajstić information content (AvgIpc) is 3.31. The lowest BCUT2D eigenvalue weighted by Crippen LogP contribution is -2.67. The van der Waals surface area contributed by atoms with E-state index in [1.54, 1.807) is 0 Å². The standard InChI is InChI=1S/C37H60O5/c1-9-10-31(41)42-29-17-18-34(6)26(33(29,4)5)16-19-36(8)27(34)12-11-25-32-24(23(2)3)15-20-37(32,22-21-35(25,36)7)28(38)13-14-30(39)40/h23-27,29,32H,9-22H2,1-8H3,(H,39,40)/t24-,25?,26?,27?,29+,32?,34-,35+,36+,37+/m0/s1. The van der Waals surface area contributed by atoms with E-state index in [9.17, 15) is 19.5 Å². The van der Waals surface area contributed by atoms with E-state index < -0.39 is 5.97 Å². The Bertz CT molecular complexity index is 1080. The van der Waals surface area contributed by atoms with Gasteiger partial charge in [0.25, 0.3) is 0 Å². The first-order valence-corrected chi connectivity index (χ1v) is 17.5. The van der Waals surface area contributed by atoms with Crippen molar-refractivity contribution in [3.05, 3.63) is 0 Å². The zero-order valence-electron chi connectivity index (χ0n) is 28.0. The highest BCUT2D eigenvalue weighted by Crippen LogP contribution is 2.77. The predicted octanol–water partition coefficient (Wildman–Crippen LogP) is 8.87. The molecule has 0 heterocycles. The quantitative estimate of drug-likeness (QED) is 0.288. The third kappa shape index (κ3) is 4.55. The molecule has 1 N–H and O–H groups in total. The number of carboxylic acid groups (broad SMARTS) is 1. The first kappa shape index (κ1) is 32.0. The van der Waals surface area contributed by atoms with Crippen LogP contribution in [0.5, 0.6) is 0 Å². The van der Waals surface area contributed by atoms with Crippen LogP contribution >= 0.6 is 0 Å². The maximum atomic E-state index is 14.0. The van der Waals surface area contributed by atoms with Crippen molar-refractivity contribution in [3.8, 4) is 0 Å². The van der Waals surface area contributed by atoms with Gasteiger partial charge in [-0.2, -0.15) is 0 Å². The summed E-state index contributed by atoms with van der Waals surface area (Å²) in [5, 5.41) is 9.39. The summed E-state index contributed by atoms with van der Waals surface area (Å²) in [4.78, 5) is 38.0. The van der Waals surface area contributed by atoms with Crippen molar-refractivity contribution >= 4 is 17.7 Å². The molecule has 5 rings (SSSR count). The molecule has 0 aliphatic heterocycles. The summed E-state index contributed by atoms with van der Waals surface area (Å²) in [5.41, 5.74) is 0.251. The van der Waals surface area contributed by atoms with Gasteiger partial charge in [-0.25, -0.2) is 0 Å². The van der Waals surface area contributed by atoms with E-state index >= 15 is 0 Å². The summed E-state index contributed by atoms with van der Waals surface area (Å²) >= 11 is 0. The second-order valence-corrected chi connectivity index (χ2v) is 17.2. The van der Waals surface area contributed by atoms with E-state index in [0.717, 1.165) is 44.9 Å². The first-order valence-electron chi connectivity index (χ1n) is 17.5. The molecule has 5 heteroatoms. The van der Waals surface area contributed by atoms with Crippen LogP contribution in [0.4, 0.5) is 0 Å². The molecule has 0 aromatic carbocycles. The molecule has 0 spiro atoms. The topological polar surface area (TPSA) is 80.7 Å². The van der Waals surface area contributed by atoms with Crippen LogP contribution in [0.2, 0.25) is 0 Å². The van der Waals surface area contributed by atoms with Crippen molar-refractivity contribution in [2.24, 2.45) is 62.6 Å². The number of hydrogen-bond donors (Lipinski definition) is 1. The van der Waals surface area contributed by atoms with Crippen molar-refractivity contribution in [1.82, 2.24) is 0 Å². The van der Waals surface area contributed by atoms with E-state index in [-0.39, 0.29) is 57.8 Å². The largest absolute Gasteiger partial charge is 0.481 e. The minimum atomic E-state index is -0.855. The van der Waals surface area contributed by atoms with Crippen LogP contribution in [0.3, 0.4) is 0 Å². The third-order valence-corrected chi connectivity index (χ3v) is 15.1. The molecule has 5 saturated carbocycles. The Labute approximate surface area is 255 Å². The molecule has 0 bridgehead atoms. The molecule has 4 unspecified atom stereocenters. The summed E-state index contributed by atoms with van der Waals surface area (Å²) in [6, 6.07) is 0. The molecular weight excluding hydrogens is 524 g/mol. The second-order valence-electron chi connectivity index (χ2n) is 17.2. The zero-order chi connectivity index (χ0) is 30.9. The lowest BCUT2D eigenvalue weighted by molar-refractivity contribution is -0.250. The molecule has 0 aromatic heterocycles. The number of carbonyl (C=O) groups excluding carboxylic acids is 2. The smallest absolute Gasteiger partial charge is 0.306 e. The van der Waals surface area contributed by atoms with Crippen molar-refractivity contribution in [3.63, 3.8) is 0 Å². The SMILES string of the molecule is CCCC(=O)O[C@@H]1CC[C@@]2(C)C(CC[C@]3(C)C2CCC2C4[C@H](C(C)C)CC[C@]4(C(=O)CCC(=O)O)CC[C@]23C)C1(C)C. The Balaban J connectivity index is 1.46. The normalized spacial score (nSPS) is 45.7. The monoisotopic (exact) mass is 584 g/mol. The summed E-state index contributed by atoms with van der Waals surface area (Å²) in [6.45, 7) is 19.3. The molecule has 0 radical (unpaired) electrons. The number of aliphatic carboxylic acids is 1. The maximum Gasteiger partial charge on any atom is 0.306 e. The van der Waals surface area contributed by atoms with Gasteiger partial charge < -0.3 is 9.84 Å². The van der Waals surface area contributed by atoms with Crippen LogP contribution in [-0.4, -0.2) is 28.9 Å². The molecular formula is C37H60O5. The number of hydrogen-bond acceptors (Lipinski definition) is 4. The average molecular weight is 585 g/mol. The van der Waals surface area contributed by atoms with Crippen molar-refractivity contribution in [1.29, 1.82) is 0 Å². The lowest BCUT2D eigenvalue weighted by atomic mass is 9.32. The van der Waals surface area contributed by atoms with Crippen LogP contribution in [0.15, 0.2) is 0 Å². The van der Waals surface area contributed by atoms with E-state index in [2.05, 4.69) is 48.5 Å². The highest BCUT2D eigenvalue weighted by molar-refractivity contribution is 5.88. The molecule has 5 nitrogen and oxygen atoms in total. The van der Waals surface area contributed by atoms with Gasteiger partial charge in [0.2, 0.25) is 0 Å². The summed E-state index contributed by atoms with van der Waals surface area (Å²) in [6.07, 6.45) is 12.5. The number of carboxylic acids is 1. The summed E-state index contributed by atoms with van der Waals surface area (Å²) in [5.74, 6) is 2.51. The minimum absolute atomic E-state index is 0.00306. The molecule has 0 saturated heterocycles. The Hall–Kier alpha value is -1.39. The number of esters is 1. The zero-order valence-corrected chi connectivity index (χ0v) is 28.0. The number of rotatable bonds is 8. The number of fused-ring (bicyclic) bond motifs is 7. The lowest BCUT2D eigenvalue weighted by Gasteiger charge is -2.73. The molecule has 5 aliphatic rings. The Kier molecular flexibility index (Phi) is 8.31. The molecule has 5 aliphatic carbocycles. The molecule has 42 heavy (non-hydrogen) atoms. The fourth-order valence-corrected chi connectivity index (χ4v) is 12.9. The second kappa shape index (κ2) is 10.9. The predicted molar refractivity (Wildman–Crippen MR) is 166 cm³/mol. The Morgan fingerprint density at radius 1 is 0.786 bits per heavy atom. The van der Waals surface area contributed by atoms with Gasteiger partial charge in [0.1, 0.15) is 11.9 Å². The molecule has 0 aromatic rings. The van der Waals surface area contributed by atoms with Crippen LogP contribution in [0, 0.1) is 62.6 Å². The fourth-order valence-electron chi connectivity index (χ4n) is 12.9. The minimum Gasteiger partial charge on any atom is -0.481 e. The van der Waals surface area contributed by atoms with E-state index in [1.807, 2.05) is 6.92 Å². The highest BCUT2D eigenvalue weighted by Gasteiger charge is 2.71. The summed E-state index contributed by atoms with van der Waals surface area (Å²) in [7, 11) is 0. The van der Waals surface area contributed by atoms with Crippen molar-refractivity contribution in [2.45, 2.75) is 151 Å². The van der Waals surface area contributed by atoms with Gasteiger partial charge >= 0.3 is 11.9 Å². The number of ketones is 1. The van der Waals surface area contributed by atoms with Gasteiger partial charge in [0, 0.05) is 23.7 Å². The van der Waals surface area contributed by atoms with Gasteiger partial charge in [0.15, 0.2) is 0 Å². The maximum absolute atomic E-state index is 14.0. The fraction of sp³-hybridized carbons (Fsp3) is 0.919. The molecule has 238 valence electrons. The van der Waals surface area contributed by atoms with Crippen LogP contribution < -0.4 is 0 Å². The number of Topliss-reactive ketones (excluding diaryl/α,β-unsaturated/α-hetero) is 1. The van der Waals surface area contributed by atoms with Gasteiger partial charge in [-0.3, -0.25) is 14.4 Å².